The molecule has 7 nitrogen and oxygen atoms in total. The second-order valence-corrected chi connectivity index (χ2v) is 8.29. The summed E-state index contributed by atoms with van der Waals surface area (Å²) < 4.78 is 5.42. The Labute approximate surface area is 176 Å². The van der Waals surface area contributed by atoms with Crippen molar-refractivity contribution < 1.29 is 9.63 Å². The van der Waals surface area contributed by atoms with Crippen LogP contribution in [0.15, 0.2) is 22.7 Å². The molecule has 3 N–H and O–H groups in total. The molecule has 3 aromatic rings. The summed E-state index contributed by atoms with van der Waals surface area (Å²) in [6, 6.07) is 6.08. The number of piperidine rings is 1. The molecule has 7 heteroatoms. The average Bonchev–Trinajstić information content (AvgIpc) is 3.04. The molecule has 0 bridgehead atoms. The zero-order chi connectivity index (χ0) is 21.4. The molecule has 158 valence electrons. The normalized spacial score (nSPS) is 19.1. The van der Waals surface area contributed by atoms with Crippen molar-refractivity contribution in [3.05, 3.63) is 40.8 Å². The number of rotatable bonds is 4. The van der Waals surface area contributed by atoms with E-state index in [9.17, 15) is 5.11 Å². The van der Waals surface area contributed by atoms with Gasteiger partial charge in [0.25, 0.3) is 0 Å². The lowest BCUT2D eigenvalue weighted by Crippen LogP contribution is -2.41. The lowest BCUT2D eigenvalue weighted by atomic mass is 9.99. The van der Waals surface area contributed by atoms with Crippen molar-refractivity contribution >= 4 is 5.82 Å². The van der Waals surface area contributed by atoms with Gasteiger partial charge in [-0.25, -0.2) is 9.97 Å². The van der Waals surface area contributed by atoms with E-state index in [-0.39, 0.29) is 5.75 Å². The van der Waals surface area contributed by atoms with E-state index in [2.05, 4.69) is 22.7 Å². The summed E-state index contributed by atoms with van der Waals surface area (Å²) in [5.41, 5.74) is 5.29. The number of nitrogens with zero attached hydrogens (tertiary/aromatic N) is 3. The fourth-order valence-electron chi connectivity index (χ4n) is 4.15. The molecule has 0 saturated carbocycles. The summed E-state index contributed by atoms with van der Waals surface area (Å²) in [4.78, 5) is 9.79. The third-order valence-corrected chi connectivity index (χ3v) is 5.84. The third-order valence-electron chi connectivity index (χ3n) is 5.84. The van der Waals surface area contributed by atoms with Crippen molar-refractivity contribution in [1.82, 2.24) is 20.4 Å². The van der Waals surface area contributed by atoms with E-state index in [1.165, 1.54) is 0 Å². The van der Waals surface area contributed by atoms with Crippen LogP contribution in [0.4, 0.5) is 5.82 Å². The van der Waals surface area contributed by atoms with Crippen LogP contribution < -0.4 is 10.6 Å². The van der Waals surface area contributed by atoms with Crippen LogP contribution in [0.5, 0.6) is 5.75 Å². The highest BCUT2D eigenvalue weighted by Gasteiger charge is 2.24. The lowest BCUT2D eigenvalue weighted by Gasteiger charge is -2.29. The van der Waals surface area contributed by atoms with Crippen molar-refractivity contribution in [3.63, 3.8) is 0 Å². The van der Waals surface area contributed by atoms with Crippen LogP contribution in [0.25, 0.3) is 22.6 Å². The number of aromatic nitrogens is 3. The standard InChI is InChI=1S/C23H29N5O2/c1-12-6-7-18(29)11-19(12)23-26-21(20-15(4)28-30-16(20)5)14(3)22(27-23)25-17-8-9-24-13(2)10-17/h6-7,11,13,17,24,29H,8-10H2,1-5H3,(H,25,26,27)/t13-,17-/m0/s1. The third kappa shape index (κ3) is 3.89. The smallest absolute Gasteiger partial charge is 0.162 e. The average molecular weight is 408 g/mol. The first kappa shape index (κ1) is 20.3. The number of aromatic hydroxyl groups is 1. The second kappa shape index (κ2) is 8.07. The van der Waals surface area contributed by atoms with E-state index in [0.717, 1.165) is 64.6 Å². The van der Waals surface area contributed by atoms with Crippen LogP contribution in [-0.4, -0.2) is 38.9 Å². The summed E-state index contributed by atoms with van der Waals surface area (Å²) in [5, 5.41) is 21.3. The highest BCUT2D eigenvalue weighted by molar-refractivity contribution is 5.75. The van der Waals surface area contributed by atoms with Crippen LogP contribution in [0.3, 0.4) is 0 Å². The second-order valence-electron chi connectivity index (χ2n) is 8.29. The molecule has 2 atom stereocenters. The summed E-state index contributed by atoms with van der Waals surface area (Å²) in [6.45, 7) is 11.0. The summed E-state index contributed by atoms with van der Waals surface area (Å²) >= 11 is 0. The minimum Gasteiger partial charge on any atom is -0.508 e. The van der Waals surface area contributed by atoms with Gasteiger partial charge in [-0.3, -0.25) is 0 Å². The van der Waals surface area contributed by atoms with Gasteiger partial charge >= 0.3 is 0 Å². The van der Waals surface area contributed by atoms with Gasteiger partial charge in [0.2, 0.25) is 0 Å². The number of hydrogen-bond acceptors (Lipinski definition) is 7. The van der Waals surface area contributed by atoms with E-state index in [0.29, 0.717) is 17.9 Å². The Kier molecular flexibility index (Phi) is 5.47. The molecule has 1 aromatic carbocycles. The molecule has 2 aromatic heterocycles. The SMILES string of the molecule is Cc1ccc(O)cc1-c1nc(N[C@H]2CCN[C@@H](C)C2)c(C)c(-c2c(C)noc2C)n1. The maximum Gasteiger partial charge on any atom is 0.162 e. The zero-order valence-corrected chi connectivity index (χ0v) is 18.2. The van der Waals surface area contributed by atoms with Crippen LogP contribution in [0, 0.1) is 27.7 Å². The molecule has 4 rings (SSSR count). The Morgan fingerprint density at radius 1 is 1.17 bits per heavy atom. The molecule has 3 heterocycles. The predicted molar refractivity (Wildman–Crippen MR) is 118 cm³/mol. The van der Waals surface area contributed by atoms with E-state index >= 15 is 0 Å². The number of phenols is 1. The minimum atomic E-state index is 0.195. The molecular formula is C23H29N5O2. The number of aryl methyl sites for hydroxylation is 3. The van der Waals surface area contributed by atoms with Gasteiger partial charge in [0.05, 0.1) is 17.0 Å². The zero-order valence-electron chi connectivity index (χ0n) is 18.2. The molecule has 1 aliphatic rings. The topological polar surface area (TPSA) is 96.1 Å². The molecular weight excluding hydrogens is 378 g/mol. The van der Waals surface area contributed by atoms with Crippen LogP contribution in [0.2, 0.25) is 0 Å². The Hall–Kier alpha value is -2.93. The molecule has 1 saturated heterocycles. The minimum absolute atomic E-state index is 0.195. The van der Waals surface area contributed by atoms with E-state index in [4.69, 9.17) is 14.5 Å². The number of hydrogen-bond donors (Lipinski definition) is 3. The van der Waals surface area contributed by atoms with Gasteiger partial charge in [-0.05, 0) is 71.7 Å². The summed E-state index contributed by atoms with van der Waals surface area (Å²) in [5.74, 6) is 2.32. The largest absolute Gasteiger partial charge is 0.508 e. The molecule has 0 amide bonds. The first-order valence-corrected chi connectivity index (χ1v) is 10.4. The molecule has 0 aliphatic carbocycles. The van der Waals surface area contributed by atoms with Crippen molar-refractivity contribution in [1.29, 1.82) is 0 Å². The Morgan fingerprint density at radius 2 is 1.97 bits per heavy atom. The molecule has 0 radical (unpaired) electrons. The van der Waals surface area contributed by atoms with Crippen LogP contribution >= 0.6 is 0 Å². The number of benzene rings is 1. The van der Waals surface area contributed by atoms with Gasteiger partial charge in [0, 0.05) is 23.2 Å². The van der Waals surface area contributed by atoms with Crippen LogP contribution in [0.1, 0.15) is 42.3 Å². The summed E-state index contributed by atoms with van der Waals surface area (Å²) in [7, 11) is 0. The molecule has 30 heavy (non-hydrogen) atoms. The monoisotopic (exact) mass is 407 g/mol. The Balaban J connectivity index is 1.86. The van der Waals surface area contributed by atoms with E-state index in [1.54, 1.807) is 12.1 Å². The highest BCUT2D eigenvalue weighted by atomic mass is 16.5. The number of anilines is 1. The van der Waals surface area contributed by atoms with Crippen molar-refractivity contribution in [3.8, 4) is 28.4 Å². The van der Waals surface area contributed by atoms with Gasteiger partial charge in [0.1, 0.15) is 17.3 Å². The number of phenolic OH excluding ortho intramolecular Hbond substituents is 1. The van der Waals surface area contributed by atoms with Gasteiger partial charge in [-0.15, -0.1) is 0 Å². The van der Waals surface area contributed by atoms with E-state index in [1.807, 2.05) is 33.8 Å². The first-order chi connectivity index (χ1) is 14.3. The Morgan fingerprint density at radius 3 is 2.67 bits per heavy atom. The quantitative estimate of drug-likeness (QED) is 0.594. The lowest BCUT2D eigenvalue weighted by molar-refractivity contribution is 0.393. The molecule has 0 unspecified atom stereocenters. The maximum absolute atomic E-state index is 10.1. The first-order valence-electron chi connectivity index (χ1n) is 10.4. The fraction of sp³-hybridized carbons (Fsp3) is 0.435. The molecule has 1 fully saturated rings. The maximum atomic E-state index is 10.1. The Bertz CT molecular complexity index is 1060. The van der Waals surface area contributed by atoms with Gasteiger partial charge in [-0.1, -0.05) is 11.2 Å². The van der Waals surface area contributed by atoms with Crippen LogP contribution in [-0.2, 0) is 0 Å². The highest BCUT2D eigenvalue weighted by Crippen LogP contribution is 2.35. The van der Waals surface area contributed by atoms with Crippen molar-refractivity contribution in [2.24, 2.45) is 0 Å². The van der Waals surface area contributed by atoms with Crippen molar-refractivity contribution in [2.45, 2.75) is 59.5 Å². The van der Waals surface area contributed by atoms with Gasteiger partial charge in [0.15, 0.2) is 5.82 Å². The molecule has 0 spiro atoms. The van der Waals surface area contributed by atoms with Crippen molar-refractivity contribution in [2.75, 3.05) is 11.9 Å². The summed E-state index contributed by atoms with van der Waals surface area (Å²) in [6.07, 6.45) is 2.07. The number of nitrogens with one attached hydrogen (secondary N) is 2. The van der Waals surface area contributed by atoms with Gasteiger partial charge in [-0.2, -0.15) is 0 Å². The van der Waals surface area contributed by atoms with Gasteiger partial charge < -0.3 is 20.3 Å². The van der Waals surface area contributed by atoms with E-state index < -0.39 is 0 Å². The fourth-order valence-corrected chi connectivity index (χ4v) is 4.15. The molecule has 1 aliphatic heterocycles. The predicted octanol–water partition coefficient (Wildman–Crippen LogP) is 4.29.